The first kappa shape index (κ1) is 14.8. The zero-order valence-corrected chi connectivity index (χ0v) is 12.6. The Balaban J connectivity index is 1.97. The van der Waals surface area contributed by atoms with Crippen LogP contribution in [0.4, 0.5) is 0 Å². The summed E-state index contributed by atoms with van der Waals surface area (Å²) in [6.45, 7) is 3.10. The standard InChI is InChI=1S/C12H20ClN3O2S/c1-2-16-8-12(14-9-16)19(17,18)15-7-11-5-3-4-10(11)6-13/h8-11,15H,2-7H2,1H3. The first-order chi connectivity index (χ1) is 9.06. The minimum Gasteiger partial charge on any atom is -0.336 e. The van der Waals surface area contributed by atoms with Gasteiger partial charge in [0.15, 0.2) is 5.03 Å². The molecule has 108 valence electrons. The number of hydrogen-bond donors (Lipinski definition) is 1. The number of alkyl halides is 1. The molecule has 0 spiro atoms. The summed E-state index contributed by atoms with van der Waals surface area (Å²) in [7, 11) is -3.49. The first-order valence-electron chi connectivity index (χ1n) is 6.64. The Morgan fingerprint density at radius 1 is 1.47 bits per heavy atom. The molecule has 0 aromatic carbocycles. The van der Waals surface area contributed by atoms with Crippen LogP contribution in [-0.2, 0) is 16.6 Å². The van der Waals surface area contributed by atoms with E-state index in [1.165, 1.54) is 6.33 Å². The minimum atomic E-state index is -3.49. The number of halogens is 1. The second kappa shape index (κ2) is 6.24. The third-order valence-corrected chi connectivity index (χ3v) is 5.50. The van der Waals surface area contributed by atoms with Crippen LogP contribution in [0.25, 0.3) is 0 Å². The lowest BCUT2D eigenvalue weighted by molar-refractivity contribution is 0.418. The van der Waals surface area contributed by atoms with Gasteiger partial charge in [-0.15, -0.1) is 11.6 Å². The van der Waals surface area contributed by atoms with Crippen molar-refractivity contribution in [3.05, 3.63) is 12.5 Å². The Hall–Kier alpha value is -0.590. The van der Waals surface area contributed by atoms with E-state index in [-0.39, 0.29) is 5.03 Å². The normalized spacial score (nSPS) is 23.9. The number of aromatic nitrogens is 2. The first-order valence-corrected chi connectivity index (χ1v) is 8.66. The molecule has 0 radical (unpaired) electrons. The van der Waals surface area contributed by atoms with E-state index in [1.54, 1.807) is 10.8 Å². The molecule has 1 aliphatic carbocycles. The maximum absolute atomic E-state index is 12.1. The van der Waals surface area contributed by atoms with Gasteiger partial charge in [-0.2, -0.15) is 0 Å². The average Bonchev–Trinajstić information content (AvgIpc) is 3.05. The Kier molecular flexibility index (Phi) is 4.86. The quantitative estimate of drug-likeness (QED) is 0.816. The zero-order valence-electron chi connectivity index (χ0n) is 11.0. The molecule has 0 aliphatic heterocycles. The van der Waals surface area contributed by atoms with Crippen molar-refractivity contribution in [1.82, 2.24) is 14.3 Å². The van der Waals surface area contributed by atoms with Gasteiger partial charge < -0.3 is 4.57 Å². The second-order valence-electron chi connectivity index (χ2n) is 5.00. The zero-order chi connectivity index (χ0) is 13.9. The van der Waals surface area contributed by atoms with E-state index in [4.69, 9.17) is 11.6 Å². The molecule has 2 rings (SSSR count). The van der Waals surface area contributed by atoms with Crippen LogP contribution in [0.5, 0.6) is 0 Å². The SMILES string of the molecule is CCn1cnc(S(=O)(=O)NCC2CCCC2CCl)c1. The highest BCUT2D eigenvalue weighted by atomic mass is 35.5. The van der Waals surface area contributed by atoms with E-state index in [0.717, 1.165) is 19.3 Å². The Morgan fingerprint density at radius 3 is 2.84 bits per heavy atom. The number of aryl methyl sites for hydroxylation is 1. The second-order valence-corrected chi connectivity index (χ2v) is 7.02. The summed E-state index contributed by atoms with van der Waals surface area (Å²) < 4.78 is 28.6. The van der Waals surface area contributed by atoms with Crippen molar-refractivity contribution >= 4 is 21.6 Å². The molecule has 0 amide bonds. The van der Waals surface area contributed by atoms with E-state index in [2.05, 4.69) is 9.71 Å². The van der Waals surface area contributed by atoms with Crippen LogP contribution in [0.3, 0.4) is 0 Å². The molecule has 19 heavy (non-hydrogen) atoms. The maximum atomic E-state index is 12.1. The summed E-state index contributed by atoms with van der Waals surface area (Å²) in [4.78, 5) is 3.93. The van der Waals surface area contributed by atoms with Crippen molar-refractivity contribution in [2.45, 2.75) is 37.8 Å². The summed E-state index contributed by atoms with van der Waals surface area (Å²) in [6.07, 6.45) is 6.36. The van der Waals surface area contributed by atoms with Crippen molar-refractivity contribution in [2.24, 2.45) is 11.8 Å². The lowest BCUT2D eigenvalue weighted by Crippen LogP contribution is -2.31. The van der Waals surface area contributed by atoms with Gasteiger partial charge in [0.1, 0.15) is 0 Å². The van der Waals surface area contributed by atoms with Gasteiger partial charge in [0.25, 0.3) is 10.0 Å². The molecule has 5 nitrogen and oxygen atoms in total. The van der Waals surface area contributed by atoms with Gasteiger partial charge in [-0.3, -0.25) is 0 Å². The molecule has 0 bridgehead atoms. The van der Waals surface area contributed by atoms with Crippen molar-refractivity contribution < 1.29 is 8.42 Å². The third kappa shape index (κ3) is 3.49. The summed E-state index contributed by atoms with van der Waals surface area (Å²) in [5.74, 6) is 1.38. The Bertz CT molecular complexity index is 515. The van der Waals surface area contributed by atoms with Crippen LogP contribution in [-0.4, -0.2) is 30.4 Å². The number of nitrogens with one attached hydrogen (secondary N) is 1. The monoisotopic (exact) mass is 305 g/mol. The fraction of sp³-hybridized carbons (Fsp3) is 0.750. The minimum absolute atomic E-state index is 0.0924. The lowest BCUT2D eigenvalue weighted by Gasteiger charge is -2.17. The number of nitrogens with zero attached hydrogens (tertiary/aromatic N) is 2. The van der Waals surface area contributed by atoms with Crippen molar-refractivity contribution in [3.8, 4) is 0 Å². The van der Waals surface area contributed by atoms with E-state index >= 15 is 0 Å². The van der Waals surface area contributed by atoms with Gasteiger partial charge in [0.2, 0.25) is 0 Å². The molecule has 1 aromatic rings. The smallest absolute Gasteiger partial charge is 0.259 e. The Labute approximate surface area is 119 Å². The van der Waals surface area contributed by atoms with Crippen LogP contribution < -0.4 is 4.72 Å². The molecule has 1 fully saturated rings. The van der Waals surface area contributed by atoms with Crippen molar-refractivity contribution in [2.75, 3.05) is 12.4 Å². The predicted molar refractivity (Wildman–Crippen MR) is 74.6 cm³/mol. The molecular formula is C12H20ClN3O2S. The molecular weight excluding hydrogens is 286 g/mol. The molecule has 2 atom stereocenters. The van der Waals surface area contributed by atoms with Crippen LogP contribution in [0.1, 0.15) is 26.2 Å². The topological polar surface area (TPSA) is 64.0 Å². The molecule has 1 aliphatic rings. The summed E-state index contributed by atoms with van der Waals surface area (Å²) in [5, 5.41) is 0.0924. The summed E-state index contributed by atoms with van der Waals surface area (Å²) >= 11 is 5.90. The molecule has 7 heteroatoms. The van der Waals surface area contributed by atoms with Crippen LogP contribution >= 0.6 is 11.6 Å². The largest absolute Gasteiger partial charge is 0.336 e. The van der Waals surface area contributed by atoms with Gasteiger partial charge in [0, 0.05) is 25.2 Å². The average molecular weight is 306 g/mol. The summed E-state index contributed by atoms with van der Waals surface area (Å²) in [6, 6.07) is 0. The van der Waals surface area contributed by atoms with Gasteiger partial charge in [-0.25, -0.2) is 18.1 Å². The maximum Gasteiger partial charge on any atom is 0.259 e. The van der Waals surface area contributed by atoms with E-state index in [9.17, 15) is 8.42 Å². The van der Waals surface area contributed by atoms with Crippen LogP contribution in [0, 0.1) is 11.8 Å². The van der Waals surface area contributed by atoms with Gasteiger partial charge in [-0.05, 0) is 31.6 Å². The Morgan fingerprint density at radius 2 is 2.21 bits per heavy atom. The summed E-state index contributed by atoms with van der Waals surface area (Å²) in [5.41, 5.74) is 0. The molecule has 1 saturated carbocycles. The van der Waals surface area contributed by atoms with Crippen LogP contribution in [0.15, 0.2) is 17.6 Å². The molecule has 2 unspecified atom stereocenters. The molecule has 1 aromatic heterocycles. The van der Waals surface area contributed by atoms with E-state index < -0.39 is 10.0 Å². The highest BCUT2D eigenvalue weighted by molar-refractivity contribution is 7.89. The fourth-order valence-corrected chi connectivity index (χ4v) is 3.98. The number of sulfonamides is 1. The molecule has 0 saturated heterocycles. The number of imidazole rings is 1. The van der Waals surface area contributed by atoms with Crippen molar-refractivity contribution in [3.63, 3.8) is 0 Å². The lowest BCUT2D eigenvalue weighted by atomic mass is 9.98. The molecule has 1 heterocycles. The van der Waals surface area contributed by atoms with Gasteiger partial charge in [-0.1, -0.05) is 6.42 Å². The number of rotatable bonds is 6. The van der Waals surface area contributed by atoms with Crippen molar-refractivity contribution in [1.29, 1.82) is 0 Å². The molecule has 1 N–H and O–H groups in total. The highest BCUT2D eigenvalue weighted by Crippen LogP contribution is 2.32. The van der Waals surface area contributed by atoms with E-state index in [0.29, 0.717) is 30.8 Å². The van der Waals surface area contributed by atoms with Gasteiger partial charge in [0.05, 0.1) is 6.33 Å². The predicted octanol–water partition coefficient (Wildman–Crippen LogP) is 1.84. The van der Waals surface area contributed by atoms with E-state index in [1.807, 2.05) is 6.92 Å². The third-order valence-electron chi connectivity index (χ3n) is 3.80. The van der Waals surface area contributed by atoms with Crippen LogP contribution in [0.2, 0.25) is 0 Å². The highest BCUT2D eigenvalue weighted by Gasteiger charge is 2.28. The van der Waals surface area contributed by atoms with Gasteiger partial charge >= 0.3 is 0 Å². The fourth-order valence-electron chi connectivity index (χ4n) is 2.53. The number of hydrogen-bond acceptors (Lipinski definition) is 3.